The Morgan fingerprint density at radius 1 is 1.37 bits per heavy atom. The molecule has 3 rings (SSSR count). The summed E-state index contributed by atoms with van der Waals surface area (Å²) in [4.78, 5) is 4.02. The molecule has 1 saturated heterocycles. The van der Waals surface area contributed by atoms with E-state index >= 15 is 0 Å². The molecule has 0 aromatic carbocycles. The molecular formula is C12H13ClN4O2. The van der Waals surface area contributed by atoms with Crippen molar-refractivity contribution in [2.45, 2.75) is 12.6 Å². The summed E-state index contributed by atoms with van der Waals surface area (Å²) in [7, 11) is 0. The monoisotopic (exact) mass is 280 g/mol. The molecule has 6 nitrogen and oxygen atoms in total. The molecule has 0 amide bonds. The van der Waals surface area contributed by atoms with E-state index in [1.54, 1.807) is 16.9 Å². The maximum absolute atomic E-state index is 5.75. The first-order chi connectivity index (χ1) is 9.31. The van der Waals surface area contributed by atoms with Gasteiger partial charge in [-0.15, -0.1) is 5.10 Å². The summed E-state index contributed by atoms with van der Waals surface area (Å²) < 4.78 is 12.7. The molecule has 3 heterocycles. The first kappa shape index (κ1) is 12.5. The summed E-state index contributed by atoms with van der Waals surface area (Å²) in [5.74, 6) is 0. The Kier molecular flexibility index (Phi) is 3.72. The zero-order valence-electron chi connectivity index (χ0n) is 10.2. The van der Waals surface area contributed by atoms with Crippen LogP contribution in [0.2, 0.25) is 5.15 Å². The first-order valence-electron chi connectivity index (χ1n) is 6.03. The van der Waals surface area contributed by atoms with Gasteiger partial charge >= 0.3 is 0 Å². The highest BCUT2D eigenvalue weighted by atomic mass is 35.5. The molecule has 0 aliphatic carbocycles. The van der Waals surface area contributed by atoms with Crippen molar-refractivity contribution in [3.8, 4) is 11.3 Å². The molecule has 0 radical (unpaired) electrons. The Labute approximate surface area is 115 Å². The molecule has 2 aromatic heterocycles. The maximum Gasteiger partial charge on any atom is 0.129 e. The van der Waals surface area contributed by atoms with Crippen LogP contribution in [0.1, 0.15) is 0 Å². The molecule has 0 bridgehead atoms. The minimum Gasteiger partial charge on any atom is -0.376 e. The lowest BCUT2D eigenvalue weighted by molar-refractivity contribution is -0.0947. The Balaban J connectivity index is 1.70. The van der Waals surface area contributed by atoms with Crippen molar-refractivity contribution < 1.29 is 9.47 Å². The second-order valence-corrected chi connectivity index (χ2v) is 4.65. The highest BCUT2D eigenvalue weighted by Crippen LogP contribution is 2.17. The molecule has 1 fully saturated rings. The van der Waals surface area contributed by atoms with Gasteiger partial charge in [-0.2, -0.15) is 0 Å². The number of aromatic nitrogens is 4. The van der Waals surface area contributed by atoms with E-state index in [0.717, 1.165) is 11.3 Å². The van der Waals surface area contributed by atoms with Gasteiger partial charge in [-0.05, 0) is 12.1 Å². The van der Waals surface area contributed by atoms with E-state index in [-0.39, 0.29) is 6.10 Å². The van der Waals surface area contributed by atoms with Gasteiger partial charge in [0.15, 0.2) is 0 Å². The van der Waals surface area contributed by atoms with Crippen LogP contribution >= 0.6 is 11.6 Å². The van der Waals surface area contributed by atoms with Crippen molar-refractivity contribution in [2.75, 3.05) is 19.8 Å². The molecule has 1 atom stereocenters. The molecular weight excluding hydrogens is 268 g/mol. The van der Waals surface area contributed by atoms with Crippen LogP contribution in [0.3, 0.4) is 0 Å². The Bertz CT molecular complexity index is 537. The zero-order chi connectivity index (χ0) is 13.1. The lowest BCUT2D eigenvalue weighted by Gasteiger charge is -2.22. The highest BCUT2D eigenvalue weighted by molar-refractivity contribution is 6.29. The molecule has 0 N–H and O–H groups in total. The third kappa shape index (κ3) is 3.09. The SMILES string of the molecule is Clc1ccc(-c2cn(C[C@@H]3COCCO3)nn2)cn1. The van der Waals surface area contributed by atoms with Crippen molar-refractivity contribution in [3.05, 3.63) is 29.7 Å². The second-order valence-electron chi connectivity index (χ2n) is 4.26. The highest BCUT2D eigenvalue weighted by Gasteiger charge is 2.16. The van der Waals surface area contributed by atoms with E-state index in [1.807, 2.05) is 12.3 Å². The van der Waals surface area contributed by atoms with Crippen LogP contribution in [0.15, 0.2) is 24.5 Å². The van der Waals surface area contributed by atoms with Crippen LogP contribution < -0.4 is 0 Å². The quantitative estimate of drug-likeness (QED) is 0.796. The average molecular weight is 281 g/mol. The number of nitrogens with zero attached hydrogens (tertiary/aromatic N) is 4. The summed E-state index contributed by atoms with van der Waals surface area (Å²) in [5, 5.41) is 8.66. The normalized spacial score (nSPS) is 19.5. The summed E-state index contributed by atoms with van der Waals surface area (Å²) in [6.45, 7) is 2.52. The van der Waals surface area contributed by atoms with Crippen LogP contribution in [0.4, 0.5) is 0 Å². The van der Waals surface area contributed by atoms with Crippen molar-refractivity contribution in [1.82, 2.24) is 20.0 Å². The van der Waals surface area contributed by atoms with Gasteiger partial charge in [0.05, 0.1) is 32.6 Å². The predicted octanol–water partition coefficient (Wildman–Crippen LogP) is 1.41. The first-order valence-corrected chi connectivity index (χ1v) is 6.40. The van der Waals surface area contributed by atoms with Gasteiger partial charge in [-0.1, -0.05) is 16.8 Å². The Hall–Kier alpha value is -1.50. The number of pyridine rings is 1. The molecule has 2 aromatic rings. The fourth-order valence-electron chi connectivity index (χ4n) is 1.90. The van der Waals surface area contributed by atoms with Gasteiger partial charge in [0, 0.05) is 11.8 Å². The Morgan fingerprint density at radius 2 is 2.32 bits per heavy atom. The smallest absolute Gasteiger partial charge is 0.129 e. The maximum atomic E-state index is 5.75. The topological polar surface area (TPSA) is 62.1 Å². The van der Waals surface area contributed by atoms with E-state index in [9.17, 15) is 0 Å². The standard InChI is InChI=1S/C12H13ClN4O2/c13-12-2-1-9(5-14-12)11-7-17(16-15-11)6-10-8-18-3-4-19-10/h1-2,5,7,10H,3-4,6,8H2/t10-/m1/s1. The van der Waals surface area contributed by atoms with Crippen LogP contribution in [0.25, 0.3) is 11.3 Å². The number of halogens is 1. The fourth-order valence-corrected chi connectivity index (χ4v) is 2.01. The molecule has 0 saturated carbocycles. The fraction of sp³-hybridized carbons (Fsp3) is 0.417. The van der Waals surface area contributed by atoms with Crippen LogP contribution in [0.5, 0.6) is 0 Å². The number of rotatable bonds is 3. The number of hydrogen-bond acceptors (Lipinski definition) is 5. The summed E-state index contributed by atoms with van der Waals surface area (Å²) in [5.41, 5.74) is 1.65. The number of ether oxygens (including phenoxy) is 2. The van der Waals surface area contributed by atoms with Gasteiger partial charge in [-0.3, -0.25) is 0 Å². The minimum absolute atomic E-state index is 0.0339. The van der Waals surface area contributed by atoms with E-state index < -0.39 is 0 Å². The van der Waals surface area contributed by atoms with Gasteiger partial charge in [0.2, 0.25) is 0 Å². The van der Waals surface area contributed by atoms with Crippen LogP contribution in [-0.4, -0.2) is 45.9 Å². The van der Waals surface area contributed by atoms with E-state index in [2.05, 4.69) is 15.3 Å². The average Bonchev–Trinajstić information content (AvgIpc) is 2.89. The van der Waals surface area contributed by atoms with E-state index in [4.69, 9.17) is 21.1 Å². The molecule has 100 valence electrons. The summed E-state index contributed by atoms with van der Waals surface area (Å²) >= 11 is 5.75. The molecule has 0 spiro atoms. The third-order valence-corrected chi connectivity index (χ3v) is 3.06. The van der Waals surface area contributed by atoms with Crippen molar-refractivity contribution in [2.24, 2.45) is 0 Å². The minimum atomic E-state index is 0.0339. The van der Waals surface area contributed by atoms with Gasteiger partial charge < -0.3 is 9.47 Å². The summed E-state index contributed by atoms with van der Waals surface area (Å²) in [6.07, 6.45) is 3.58. The molecule has 0 unspecified atom stereocenters. The predicted molar refractivity (Wildman–Crippen MR) is 68.8 cm³/mol. The second kappa shape index (κ2) is 5.64. The lowest BCUT2D eigenvalue weighted by Crippen LogP contribution is -2.32. The van der Waals surface area contributed by atoms with Crippen molar-refractivity contribution in [3.63, 3.8) is 0 Å². The van der Waals surface area contributed by atoms with Gasteiger partial charge in [-0.25, -0.2) is 9.67 Å². The van der Waals surface area contributed by atoms with Crippen LogP contribution in [-0.2, 0) is 16.0 Å². The summed E-state index contributed by atoms with van der Waals surface area (Å²) in [6, 6.07) is 3.60. The zero-order valence-corrected chi connectivity index (χ0v) is 11.0. The van der Waals surface area contributed by atoms with Gasteiger partial charge in [0.1, 0.15) is 17.0 Å². The van der Waals surface area contributed by atoms with E-state index in [0.29, 0.717) is 31.5 Å². The third-order valence-electron chi connectivity index (χ3n) is 2.84. The lowest BCUT2D eigenvalue weighted by atomic mass is 10.2. The molecule has 7 heteroatoms. The van der Waals surface area contributed by atoms with Crippen LogP contribution in [0, 0.1) is 0 Å². The molecule has 19 heavy (non-hydrogen) atoms. The van der Waals surface area contributed by atoms with Crippen molar-refractivity contribution in [1.29, 1.82) is 0 Å². The van der Waals surface area contributed by atoms with Gasteiger partial charge in [0.25, 0.3) is 0 Å². The van der Waals surface area contributed by atoms with E-state index in [1.165, 1.54) is 0 Å². The largest absolute Gasteiger partial charge is 0.376 e. The van der Waals surface area contributed by atoms with Crippen molar-refractivity contribution >= 4 is 11.6 Å². The Morgan fingerprint density at radius 3 is 3.05 bits per heavy atom. The molecule has 1 aliphatic heterocycles. The molecule has 1 aliphatic rings. The number of hydrogen-bond donors (Lipinski definition) is 0.